The summed E-state index contributed by atoms with van der Waals surface area (Å²) in [6.45, 7) is 0. The summed E-state index contributed by atoms with van der Waals surface area (Å²) in [5, 5.41) is 5.34. The van der Waals surface area contributed by atoms with E-state index in [2.05, 4.69) is 290 Å². The van der Waals surface area contributed by atoms with E-state index in [1.54, 1.807) is 0 Å². The normalized spacial score (nSPS) is 22.0. The fourth-order valence-electron chi connectivity index (χ4n) is 17.8. The van der Waals surface area contributed by atoms with Crippen molar-refractivity contribution >= 4 is 55.7 Å². The number of anilines is 2. The first-order valence-corrected chi connectivity index (χ1v) is 32.1. The summed E-state index contributed by atoms with van der Waals surface area (Å²) in [7, 11) is 9.25. The number of hydrogen-bond acceptors (Lipinski definition) is 2. The Labute approximate surface area is 510 Å². The molecule has 2 saturated carbocycles. The van der Waals surface area contributed by atoms with Crippen LogP contribution in [0.25, 0.3) is 21.5 Å². The Hall–Kier alpha value is -8.60. The van der Waals surface area contributed by atoms with Crippen LogP contribution in [0.15, 0.2) is 254 Å². The van der Waals surface area contributed by atoms with E-state index in [-0.39, 0.29) is 21.7 Å². The van der Waals surface area contributed by atoms with Gasteiger partial charge in [-0.2, -0.15) is 9.15 Å². The lowest BCUT2D eigenvalue weighted by Crippen LogP contribution is -2.36. The number of para-hydroxylation sites is 2. The molecular weight excluding hydrogens is 1040 g/mol. The highest BCUT2D eigenvalue weighted by atomic mass is 15.2. The lowest BCUT2D eigenvalue weighted by atomic mass is 9.67. The van der Waals surface area contributed by atoms with E-state index in [0.717, 1.165) is 25.7 Å². The molecule has 0 saturated heterocycles. The second kappa shape index (κ2) is 21.7. The quantitative estimate of drug-likeness (QED) is 0.113. The van der Waals surface area contributed by atoms with Crippen LogP contribution in [0.4, 0.5) is 22.7 Å². The summed E-state index contributed by atoms with van der Waals surface area (Å²) in [6, 6.07) is 78.4. The molecule has 426 valence electrons. The van der Waals surface area contributed by atoms with Crippen LogP contribution in [-0.4, -0.2) is 48.8 Å². The van der Waals surface area contributed by atoms with Crippen molar-refractivity contribution in [1.29, 1.82) is 0 Å². The first-order valence-electron chi connectivity index (χ1n) is 32.1. The number of hydrogen-bond donors (Lipinski definition) is 0. The van der Waals surface area contributed by atoms with Crippen molar-refractivity contribution in [2.24, 2.45) is 0 Å². The lowest BCUT2D eigenvalue weighted by molar-refractivity contribution is -0.400. The number of benzene rings is 9. The van der Waals surface area contributed by atoms with Gasteiger partial charge >= 0.3 is 0 Å². The van der Waals surface area contributed by atoms with Gasteiger partial charge in [0, 0.05) is 71.0 Å². The van der Waals surface area contributed by atoms with Crippen molar-refractivity contribution in [2.45, 2.75) is 112 Å². The van der Waals surface area contributed by atoms with Crippen LogP contribution >= 0.6 is 0 Å². The van der Waals surface area contributed by atoms with Crippen molar-refractivity contribution in [3.8, 4) is 0 Å². The van der Waals surface area contributed by atoms with Gasteiger partial charge in [0.25, 0.3) is 0 Å². The predicted octanol–water partition coefficient (Wildman–Crippen LogP) is 18.5. The number of allylic oxidation sites excluding steroid dienone is 8. The molecule has 9 aromatic carbocycles. The molecule has 2 atom stereocenters. The Morgan fingerprint density at radius 3 is 1.12 bits per heavy atom. The van der Waals surface area contributed by atoms with Gasteiger partial charge < -0.3 is 9.80 Å². The van der Waals surface area contributed by atoms with Gasteiger partial charge in [0.2, 0.25) is 11.4 Å². The fourth-order valence-corrected chi connectivity index (χ4v) is 17.8. The first kappa shape index (κ1) is 54.1. The third-order valence-electron chi connectivity index (χ3n) is 21.6. The largest absolute Gasteiger partial charge is 0.347 e. The van der Waals surface area contributed by atoms with Crippen molar-refractivity contribution in [3.63, 3.8) is 0 Å². The zero-order valence-electron chi connectivity index (χ0n) is 50.8. The van der Waals surface area contributed by atoms with E-state index in [9.17, 15) is 0 Å². The molecular formula is C82H80N4+2. The van der Waals surface area contributed by atoms with Gasteiger partial charge in [-0.25, -0.2) is 0 Å². The molecule has 0 radical (unpaired) electrons. The van der Waals surface area contributed by atoms with Crippen molar-refractivity contribution in [3.05, 3.63) is 299 Å². The summed E-state index contributed by atoms with van der Waals surface area (Å²) >= 11 is 0. The average Bonchev–Trinajstić information content (AvgIpc) is 1.97. The van der Waals surface area contributed by atoms with Gasteiger partial charge in [-0.3, -0.25) is 0 Å². The highest BCUT2D eigenvalue weighted by Gasteiger charge is 2.53. The third-order valence-corrected chi connectivity index (χ3v) is 21.6. The van der Waals surface area contributed by atoms with Crippen LogP contribution in [0.3, 0.4) is 0 Å². The molecule has 4 nitrogen and oxygen atoms in total. The van der Waals surface area contributed by atoms with Gasteiger partial charge in [-0.15, -0.1) is 0 Å². The molecule has 4 heteroatoms. The minimum Gasteiger partial charge on any atom is -0.347 e. The number of nitrogens with zero attached hydrogens (tertiary/aromatic N) is 4. The SMILES string of the molecule is CN1C(=CC=CC2=[N+](C)c3c(ccc4ccccc34)C23CCCCC3)C(Cc2ccccc2)(Cc2ccc(CC3(Cc4ccccc4)C(=CC=CC4=[N+](C)c5c(ccc6ccccc56)C45CCCCC5)N(C)c4ccccc43)cc2)c2ccccc21. The maximum Gasteiger partial charge on any atom is 0.217 e. The molecule has 2 aliphatic carbocycles. The van der Waals surface area contributed by atoms with E-state index in [0.29, 0.717) is 0 Å². The summed E-state index contributed by atoms with van der Waals surface area (Å²) < 4.78 is 5.10. The Balaban J connectivity index is 0.812. The Morgan fingerprint density at radius 2 is 0.709 bits per heavy atom. The highest BCUT2D eigenvalue weighted by molar-refractivity contribution is 6.09. The zero-order valence-corrected chi connectivity index (χ0v) is 50.8. The Kier molecular flexibility index (Phi) is 13.7. The molecule has 2 spiro atoms. The van der Waals surface area contributed by atoms with Gasteiger partial charge in [0.1, 0.15) is 14.1 Å². The van der Waals surface area contributed by atoms with E-state index in [1.807, 2.05) is 0 Å². The number of fused-ring (bicyclic) bond motifs is 10. The molecule has 15 rings (SSSR count). The van der Waals surface area contributed by atoms with Crippen LogP contribution in [-0.2, 0) is 47.3 Å². The molecule has 0 aromatic heterocycles. The lowest BCUT2D eigenvalue weighted by Gasteiger charge is -2.35. The Bertz CT molecular complexity index is 4020. The van der Waals surface area contributed by atoms with Crippen molar-refractivity contribution in [2.75, 3.05) is 38.0 Å². The van der Waals surface area contributed by atoms with E-state index in [1.165, 1.54) is 176 Å². The summed E-state index contributed by atoms with van der Waals surface area (Å²) in [5.74, 6) is 0. The molecule has 9 aromatic rings. The fraction of sp³-hybridized carbons (Fsp3) is 0.268. The molecule has 6 aliphatic rings. The molecule has 2 fully saturated rings. The maximum absolute atomic E-state index is 2.55. The van der Waals surface area contributed by atoms with Crippen LogP contribution < -0.4 is 9.80 Å². The van der Waals surface area contributed by atoms with Crippen LogP contribution in [0.1, 0.15) is 109 Å². The van der Waals surface area contributed by atoms with E-state index in [4.69, 9.17) is 0 Å². The molecule has 0 N–H and O–H groups in total. The predicted molar refractivity (Wildman–Crippen MR) is 361 cm³/mol. The van der Waals surface area contributed by atoms with Crippen molar-refractivity contribution in [1.82, 2.24) is 0 Å². The minimum atomic E-state index is -0.327. The van der Waals surface area contributed by atoms with Crippen molar-refractivity contribution < 1.29 is 9.15 Å². The molecule has 4 heterocycles. The number of likely N-dealkylation sites (N-methyl/N-ethyl adjacent to an activating group) is 2. The van der Waals surface area contributed by atoms with Gasteiger partial charge in [-0.1, -0.05) is 233 Å². The standard InChI is InChI=1S/C82H80N4/c1-83-71-37-19-17-35-67(71)81(55-59-27-9-5-10-28-59,75(83)41-25-39-73-79(51-21-7-22-52-79)69-49-47-63-31-13-15-33-65(63)77(69)85(73)3)57-61-43-45-62(46-44-61)58-82(56-60-29-11-6-12-30-60)68-36-18-20-38-72(68)84(2)76(82)42-26-40-74-80(53-23-8-24-54-80)70-50-48-64-32-14-16-34-66(64)78(70)86(74)4/h5-6,9-20,25-50H,7-8,21-24,51-58H2,1-4H3/q+2. The number of rotatable bonds is 12. The molecule has 86 heavy (non-hydrogen) atoms. The monoisotopic (exact) mass is 1120 g/mol. The third kappa shape index (κ3) is 8.67. The smallest absolute Gasteiger partial charge is 0.217 e. The second-order valence-corrected chi connectivity index (χ2v) is 26.2. The average molecular weight is 1120 g/mol. The van der Waals surface area contributed by atoms with Gasteiger partial charge in [0.15, 0.2) is 11.4 Å². The van der Waals surface area contributed by atoms with Crippen LogP contribution in [0.5, 0.6) is 0 Å². The topological polar surface area (TPSA) is 12.5 Å². The summed E-state index contributed by atoms with van der Waals surface area (Å²) in [6.07, 6.45) is 30.7. The van der Waals surface area contributed by atoms with E-state index < -0.39 is 0 Å². The summed E-state index contributed by atoms with van der Waals surface area (Å²) in [4.78, 5) is 5.00. The molecule has 4 aliphatic heterocycles. The van der Waals surface area contributed by atoms with Gasteiger partial charge in [0.05, 0.1) is 21.6 Å². The second-order valence-electron chi connectivity index (χ2n) is 26.2. The zero-order chi connectivity index (χ0) is 58.0. The molecule has 0 amide bonds. The minimum absolute atomic E-state index is 0.0184. The maximum atomic E-state index is 2.55. The highest BCUT2D eigenvalue weighted by Crippen LogP contribution is 2.56. The summed E-state index contributed by atoms with van der Waals surface area (Å²) in [5.41, 5.74) is 21.5. The molecule has 2 unspecified atom stereocenters. The van der Waals surface area contributed by atoms with Crippen LogP contribution in [0.2, 0.25) is 0 Å². The van der Waals surface area contributed by atoms with E-state index >= 15 is 0 Å². The van der Waals surface area contributed by atoms with Gasteiger partial charge in [-0.05, 0) is 132 Å². The molecule has 0 bridgehead atoms. The first-order chi connectivity index (χ1) is 42.2. The van der Waals surface area contributed by atoms with Crippen LogP contribution in [0, 0.1) is 0 Å². The Morgan fingerprint density at radius 1 is 0.360 bits per heavy atom.